The third-order valence-corrected chi connectivity index (χ3v) is 8.27. The summed E-state index contributed by atoms with van der Waals surface area (Å²) in [5, 5.41) is 4.64. The fourth-order valence-corrected chi connectivity index (χ4v) is 6.17. The number of imidazole rings is 2. The summed E-state index contributed by atoms with van der Waals surface area (Å²) in [6, 6.07) is 19.8. The van der Waals surface area contributed by atoms with Gasteiger partial charge in [-0.25, -0.2) is 9.97 Å². The fourth-order valence-electron chi connectivity index (χ4n) is 5.10. The van der Waals surface area contributed by atoms with E-state index in [-0.39, 0.29) is 0 Å². The van der Waals surface area contributed by atoms with Gasteiger partial charge in [-0.1, -0.05) is 65.8 Å². The topological polar surface area (TPSA) is 70.2 Å². The summed E-state index contributed by atoms with van der Waals surface area (Å²) < 4.78 is 1.27. The Bertz CT molecular complexity index is 1950. The molecular formula is C33H33N5S. The van der Waals surface area contributed by atoms with Crippen LogP contribution < -0.4 is 0 Å². The summed E-state index contributed by atoms with van der Waals surface area (Å²) in [4.78, 5) is 22.6. The number of pyridine rings is 1. The van der Waals surface area contributed by atoms with Crippen LogP contribution in [0.3, 0.4) is 0 Å². The maximum atomic E-state index is 4.94. The molecule has 0 saturated carbocycles. The lowest BCUT2D eigenvalue weighted by Crippen LogP contribution is -1.88. The lowest BCUT2D eigenvalue weighted by Gasteiger charge is -2.08. The molecule has 3 aromatic carbocycles. The van der Waals surface area contributed by atoms with E-state index in [1.54, 1.807) is 11.3 Å². The van der Waals surface area contributed by atoms with Crippen LogP contribution in [0.25, 0.3) is 64.5 Å². The quantitative estimate of drug-likeness (QED) is 0.222. The predicted molar refractivity (Wildman–Crippen MR) is 167 cm³/mol. The van der Waals surface area contributed by atoms with Gasteiger partial charge in [0.25, 0.3) is 0 Å². The van der Waals surface area contributed by atoms with Crippen LogP contribution in [0.2, 0.25) is 0 Å². The first-order chi connectivity index (χ1) is 19.0. The van der Waals surface area contributed by atoms with Crippen molar-refractivity contribution in [3.63, 3.8) is 0 Å². The third-order valence-electron chi connectivity index (χ3n) is 7.14. The summed E-state index contributed by atoms with van der Waals surface area (Å²) in [6.07, 6.45) is 3.82. The Hall–Kier alpha value is -4.03. The van der Waals surface area contributed by atoms with Gasteiger partial charge >= 0.3 is 0 Å². The molecule has 5 nitrogen and oxygen atoms in total. The van der Waals surface area contributed by atoms with Gasteiger partial charge in [-0.15, -0.1) is 11.3 Å². The lowest BCUT2D eigenvalue weighted by molar-refractivity contribution is 0.795. The molecule has 7 rings (SSSR count). The Kier molecular flexibility index (Phi) is 6.43. The Morgan fingerprint density at radius 2 is 1.49 bits per heavy atom. The van der Waals surface area contributed by atoms with Crippen LogP contribution in [-0.2, 0) is 0 Å². The molecule has 0 bridgehead atoms. The van der Waals surface area contributed by atoms with Crippen LogP contribution in [0.5, 0.6) is 0 Å². The SMILES string of the molecule is CC.CC(C)c1ncc(-c2cc3ccc(-c4ccc5c(c4)c4ncccc4c4nc(C(C)C)[nH]c54)cc3s2)[nH]1. The molecule has 39 heavy (non-hydrogen) atoms. The van der Waals surface area contributed by atoms with Gasteiger partial charge in [0.2, 0.25) is 0 Å². The summed E-state index contributed by atoms with van der Waals surface area (Å²) >= 11 is 1.80. The van der Waals surface area contributed by atoms with Crippen LogP contribution >= 0.6 is 11.3 Å². The van der Waals surface area contributed by atoms with Gasteiger partial charge in [0.05, 0.1) is 33.3 Å². The molecule has 2 N–H and O–H groups in total. The smallest absolute Gasteiger partial charge is 0.109 e. The largest absolute Gasteiger partial charge is 0.341 e. The first-order valence-electron chi connectivity index (χ1n) is 13.8. The number of benzene rings is 3. The average molecular weight is 532 g/mol. The van der Waals surface area contributed by atoms with Gasteiger partial charge in [-0.2, -0.15) is 0 Å². The molecule has 0 aliphatic carbocycles. The van der Waals surface area contributed by atoms with E-state index in [9.17, 15) is 0 Å². The van der Waals surface area contributed by atoms with E-state index in [0.29, 0.717) is 11.8 Å². The molecule has 0 fully saturated rings. The summed E-state index contributed by atoms with van der Waals surface area (Å²) in [7, 11) is 0. The molecular weight excluding hydrogens is 498 g/mol. The van der Waals surface area contributed by atoms with Crippen LogP contribution in [-0.4, -0.2) is 24.9 Å². The highest BCUT2D eigenvalue weighted by molar-refractivity contribution is 7.22. The van der Waals surface area contributed by atoms with Crippen molar-refractivity contribution in [3.05, 3.63) is 78.6 Å². The molecule has 0 aliphatic heterocycles. The van der Waals surface area contributed by atoms with E-state index in [0.717, 1.165) is 50.1 Å². The number of aromatic amines is 2. The van der Waals surface area contributed by atoms with E-state index in [4.69, 9.17) is 9.97 Å². The second-order valence-corrected chi connectivity index (χ2v) is 11.4. The van der Waals surface area contributed by atoms with Gasteiger partial charge in [0.1, 0.15) is 11.6 Å². The summed E-state index contributed by atoms with van der Waals surface area (Å²) in [6.45, 7) is 12.6. The van der Waals surface area contributed by atoms with Crippen LogP contribution in [0.1, 0.15) is 65.0 Å². The number of thiophene rings is 1. The zero-order chi connectivity index (χ0) is 27.3. The van der Waals surface area contributed by atoms with E-state index in [1.165, 1.54) is 26.1 Å². The molecule has 0 spiro atoms. The van der Waals surface area contributed by atoms with Gasteiger partial charge in [-0.3, -0.25) is 4.98 Å². The van der Waals surface area contributed by atoms with Crippen molar-refractivity contribution in [1.29, 1.82) is 0 Å². The molecule has 0 aliphatic rings. The number of aromatic nitrogens is 5. The summed E-state index contributed by atoms with van der Waals surface area (Å²) in [5.74, 6) is 2.74. The Labute approximate surface area is 232 Å². The molecule has 4 aromatic heterocycles. The molecule has 196 valence electrons. The minimum absolute atomic E-state index is 0.328. The Morgan fingerprint density at radius 3 is 2.26 bits per heavy atom. The fraction of sp³-hybridized carbons (Fsp3) is 0.242. The van der Waals surface area contributed by atoms with Crippen molar-refractivity contribution in [2.75, 3.05) is 0 Å². The zero-order valence-electron chi connectivity index (χ0n) is 23.3. The van der Waals surface area contributed by atoms with Crippen LogP contribution in [0.4, 0.5) is 0 Å². The second-order valence-electron chi connectivity index (χ2n) is 10.4. The zero-order valence-corrected chi connectivity index (χ0v) is 24.1. The molecule has 4 heterocycles. The summed E-state index contributed by atoms with van der Waals surface area (Å²) in [5.41, 5.74) is 6.55. The van der Waals surface area contributed by atoms with E-state index >= 15 is 0 Å². The van der Waals surface area contributed by atoms with Gasteiger partial charge in [-0.05, 0) is 46.8 Å². The van der Waals surface area contributed by atoms with Crippen molar-refractivity contribution in [1.82, 2.24) is 24.9 Å². The van der Waals surface area contributed by atoms with E-state index in [1.807, 2.05) is 32.3 Å². The number of fused-ring (bicyclic) bond motifs is 7. The van der Waals surface area contributed by atoms with Crippen LogP contribution in [0.15, 0.2) is 67.0 Å². The van der Waals surface area contributed by atoms with E-state index in [2.05, 4.69) is 91.2 Å². The highest BCUT2D eigenvalue weighted by Gasteiger charge is 2.16. The number of nitrogens with one attached hydrogen (secondary N) is 2. The third kappa shape index (κ3) is 4.29. The number of H-pyrrole nitrogens is 2. The molecule has 0 unspecified atom stereocenters. The molecule has 0 radical (unpaired) electrons. The molecule has 0 saturated heterocycles. The lowest BCUT2D eigenvalue weighted by atomic mass is 9.98. The maximum Gasteiger partial charge on any atom is 0.109 e. The van der Waals surface area contributed by atoms with Crippen molar-refractivity contribution >= 4 is 54.1 Å². The molecule has 7 aromatic rings. The van der Waals surface area contributed by atoms with Crippen molar-refractivity contribution in [2.45, 2.75) is 53.4 Å². The molecule has 0 amide bonds. The highest BCUT2D eigenvalue weighted by Crippen LogP contribution is 2.38. The van der Waals surface area contributed by atoms with Crippen LogP contribution in [0, 0.1) is 0 Å². The monoisotopic (exact) mass is 531 g/mol. The Balaban J connectivity index is 0.00000135. The Morgan fingerprint density at radius 1 is 0.718 bits per heavy atom. The first-order valence-corrected chi connectivity index (χ1v) is 14.6. The maximum absolute atomic E-state index is 4.94. The van der Waals surface area contributed by atoms with E-state index < -0.39 is 0 Å². The molecule has 6 heteroatoms. The van der Waals surface area contributed by atoms with Gasteiger partial charge < -0.3 is 9.97 Å². The number of nitrogens with zero attached hydrogens (tertiary/aromatic N) is 3. The van der Waals surface area contributed by atoms with Gasteiger partial charge in [0.15, 0.2) is 0 Å². The minimum atomic E-state index is 0.328. The van der Waals surface area contributed by atoms with Crippen molar-refractivity contribution in [2.24, 2.45) is 0 Å². The second kappa shape index (κ2) is 9.93. The molecule has 0 atom stereocenters. The normalized spacial score (nSPS) is 11.8. The van der Waals surface area contributed by atoms with Crippen molar-refractivity contribution < 1.29 is 0 Å². The predicted octanol–water partition coefficient (Wildman–Crippen LogP) is 9.81. The first kappa shape index (κ1) is 25.3. The highest BCUT2D eigenvalue weighted by atomic mass is 32.1. The van der Waals surface area contributed by atoms with Crippen molar-refractivity contribution in [3.8, 4) is 21.7 Å². The number of hydrogen-bond acceptors (Lipinski definition) is 4. The average Bonchev–Trinajstić information content (AvgIpc) is 3.72. The number of rotatable bonds is 4. The van der Waals surface area contributed by atoms with Gasteiger partial charge in [0, 0.05) is 38.9 Å². The minimum Gasteiger partial charge on any atom is -0.341 e. The standard InChI is InChI=1S/C31H27N5S.C2H6/c1-16(2)30-33-15-24(34-30)26-14-20-8-7-19(13-25(20)37-26)18-9-10-21-23(12-18)27-22(6-5-11-32-27)29-28(21)35-31(36-29)17(3)4;1-2/h5-17H,1-4H3,(H,33,34)(H,35,36);1-2H3. The number of hydrogen-bond donors (Lipinski definition) is 2.